The second-order valence-electron chi connectivity index (χ2n) is 2.39. The van der Waals surface area contributed by atoms with Crippen LogP contribution in [0.4, 0.5) is 4.79 Å². The van der Waals surface area contributed by atoms with E-state index in [1.807, 2.05) is 0 Å². The van der Waals surface area contributed by atoms with Crippen LogP contribution in [0, 0.1) is 0 Å². The van der Waals surface area contributed by atoms with Gasteiger partial charge < -0.3 is 9.47 Å². The first-order chi connectivity index (χ1) is 6.22. The van der Waals surface area contributed by atoms with E-state index in [4.69, 9.17) is 4.74 Å². The van der Waals surface area contributed by atoms with Gasteiger partial charge in [0, 0.05) is 0 Å². The molecule has 1 aromatic carbocycles. The van der Waals surface area contributed by atoms with Crippen molar-refractivity contribution in [2.75, 3.05) is 7.11 Å². The first-order valence-corrected chi connectivity index (χ1v) is 3.69. The Kier molecular flexibility index (Phi) is 3.14. The van der Waals surface area contributed by atoms with Gasteiger partial charge in [0.05, 0.1) is 7.11 Å². The molecule has 0 heterocycles. The van der Waals surface area contributed by atoms with Crippen molar-refractivity contribution in [3.8, 4) is 5.75 Å². The molecule has 0 aliphatic carbocycles. The molecule has 1 rings (SSSR count). The smallest absolute Gasteiger partial charge is 0.497 e. The standard InChI is InChI=1S/C9H9O4/c1-12-8-4-2-7(3-5-8)6-13-9(10)11/h2-5H,6H2,1H3. The number of hydrogen-bond donors (Lipinski definition) is 0. The molecule has 1 radical (unpaired) electrons. The quantitative estimate of drug-likeness (QED) is 0.667. The lowest BCUT2D eigenvalue weighted by Crippen LogP contribution is -1.98. The number of carbonyl (C=O) groups is 1. The first kappa shape index (κ1) is 9.38. The van der Waals surface area contributed by atoms with Crippen LogP contribution >= 0.6 is 0 Å². The molecule has 0 aliphatic rings. The molecule has 4 heteroatoms. The zero-order valence-corrected chi connectivity index (χ0v) is 7.15. The lowest BCUT2D eigenvalue weighted by atomic mass is 10.2. The number of carbonyl (C=O) groups excluding carboxylic acids is 1. The number of hydrogen-bond acceptors (Lipinski definition) is 3. The molecule has 69 valence electrons. The first-order valence-electron chi connectivity index (χ1n) is 3.69. The van der Waals surface area contributed by atoms with Gasteiger partial charge in [-0.3, -0.25) is 0 Å². The summed E-state index contributed by atoms with van der Waals surface area (Å²) in [6.45, 7) is 0.00628. The van der Waals surface area contributed by atoms with Gasteiger partial charge in [-0.25, -0.2) is 0 Å². The van der Waals surface area contributed by atoms with E-state index in [0.29, 0.717) is 0 Å². The van der Waals surface area contributed by atoms with E-state index >= 15 is 0 Å². The summed E-state index contributed by atoms with van der Waals surface area (Å²) in [6.07, 6.45) is -1.52. The third-order valence-corrected chi connectivity index (χ3v) is 1.52. The Morgan fingerprint density at radius 3 is 2.38 bits per heavy atom. The third-order valence-electron chi connectivity index (χ3n) is 1.52. The molecule has 0 amide bonds. The van der Waals surface area contributed by atoms with E-state index in [9.17, 15) is 9.90 Å². The number of ether oxygens (including phenoxy) is 2. The van der Waals surface area contributed by atoms with E-state index in [2.05, 4.69) is 4.74 Å². The van der Waals surface area contributed by atoms with E-state index in [1.165, 1.54) is 0 Å². The molecular formula is C9H9O4. The fourth-order valence-corrected chi connectivity index (χ4v) is 0.864. The summed E-state index contributed by atoms with van der Waals surface area (Å²) in [7, 11) is 1.56. The summed E-state index contributed by atoms with van der Waals surface area (Å²) in [4.78, 5) is 9.94. The lowest BCUT2D eigenvalue weighted by molar-refractivity contribution is 0.0619. The Bertz CT molecular complexity index is 278. The predicted molar refractivity (Wildman–Crippen MR) is 43.9 cm³/mol. The Hall–Kier alpha value is -1.71. The average molecular weight is 181 g/mol. The minimum atomic E-state index is -1.52. The summed E-state index contributed by atoms with van der Waals surface area (Å²) in [6, 6.07) is 6.91. The van der Waals surface area contributed by atoms with Crippen LogP contribution in [0.1, 0.15) is 5.56 Å². The molecule has 0 fully saturated rings. The van der Waals surface area contributed by atoms with Crippen molar-refractivity contribution < 1.29 is 19.4 Å². The summed E-state index contributed by atoms with van der Waals surface area (Å²) in [5.41, 5.74) is 0.755. The van der Waals surface area contributed by atoms with Crippen LogP contribution in [0.25, 0.3) is 0 Å². The molecule has 0 N–H and O–H groups in total. The fraction of sp³-hybridized carbons (Fsp3) is 0.222. The van der Waals surface area contributed by atoms with Crippen LogP contribution in [-0.2, 0) is 16.5 Å². The maximum atomic E-state index is 9.94. The van der Waals surface area contributed by atoms with Gasteiger partial charge in [0.25, 0.3) is 0 Å². The van der Waals surface area contributed by atoms with Crippen molar-refractivity contribution in [3.63, 3.8) is 0 Å². The number of benzene rings is 1. The van der Waals surface area contributed by atoms with Crippen LogP contribution in [-0.4, -0.2) is 13.3 Å². The molecule has 0 unspecified atom stereocenters. The highest BCUT2D eigenvalue weighted by Gasteiger charge is 2.00. The van der Waals surface area contributed by atoms with E-state index in [-0.39, 0.29) is 6.61 Å². The Morgan fingerprint density at radius 2 is 1.92 bits per heavy atom. The summed E-state index contributed by atoms with van der Waals surface area (Å²) >= 11 is 0. The van der Waals surface area contributed by atoms with Crippen LogP contribution in [0.5, 0.6) is 5.75 Å². The van der Waals surface area contributed by atoms with Gasteiger partial charge in [0.2, 0.25) is 0 Å². The fourth-order valence-electron chi connectivity index (χ4n) is 0.864. The highest BCUT2D eigenvalue weighted by Crippen LogP contribution is 2.11. The monoisotopic (exact) mass is 181 g/mol. The van der Waals surface area contributed by atoms with Gasteiger partial charge >= 0.3 is 6.16 Å². The Morgan fingerprint density at radius 1 is 1.31 bits per heavy atom. The summed E-state index contributed by atoms with van der Waals surface area (Å²) in [5.74, 6) is 0.720. The molecule has 4 nitrogen and oxygen atoms in total. The van der Waals surface area contributed by atoms with Gasteiger partial charge in [-0.05, 0) is 17.7 Å². The average Bonchev–Trinajstić information content (AvgIpc) is 2.15. The number of methoxy groups -OCH3 is 1. The van der Waals surface area contributed by atoms with Crippen LogP contribution < -0.4 is 4.74 Å². The van der Waals surface area contributed by atoms with E-state index in [1.54, 1.807) is 31.4 Å². The minimum Gasteiger partial charge on any atom is -0.497 e. The topological polar surface area (TPSA) is 55.4 Å². The lowest BCUT2D eigenvalue weighted by Gasteiger charge is -2.01. The van der Waals surface area contributed by atoms with Crippen molar-refractivity contribution in [3.05, 3.63) is 29.8 Å². The molecule has 0 aliphatic heterocycles. The normalized spacial score (nSPS) is 9.31. The van der Waals surface area contributed by atoms with E-state index in [0.717, 1.165) is 11.3 Å². The molecule has 0 saturated heterocycles. The summed E-state index contributed by atoms with van der Waals surface area (Å²) in [5, 5.41) is 9.94. The van der Waals surface area contributed by atoms with Crippen LogP contribution in [0.2, 0.25) is 0 Å². The van der Waals surface area contributed by atoms with Gasteiger partial charge in [-0.15, -0.1) is 0 Å². The maximum Gasteiger partial charge on any atom is 0.550 e. The van der Waals surface area contributed by atoms with Gasteiger partial charge in [-0.1, -0.05) is 12.1 Å². The molecule has 0 atom stereocenters. The second kappa shape index (κ2) is 4.35. The molecule has 0 saturated carbocycles. The molecule has 0 aromatic heterocycles. The van der Waals surface area contributed by atoms with Crippen molar-refractivity contribution in [1.29, 1.82) is 0 Å². The molecule has 0 bridgehead atoms. The molecule has 0 spiro atoms. The highest BCUT2D eigenvalue weighted by molar-refractivity contribution is 5.56. The SMILES string of the molecule is COc1ccc(COC([O])=O)cc1. The van der Waals surface area contributed by atoms with Crippen LogP contribution in [0.3, 0.4) is 0 Å². The van der Waals surface area contributed by atoms with Crippen molar-refractivity contribution in [2.45, 2.75) is 6.61 Å². The van der Waals surface area contributed by atoms with Crippen molar-refractivity contribution >= 4 is 6.16 Å². The highest BCUT2D eigenvalue weighted by atomic mass is 16.7. The van der Waals surface area contributed by atoms with Gasteiger partial charge in [0.1, 0.15) is 12.4 Å². The largest absolute Gasteiger partial charge is 0.550 e. The third kappa shape index (κ3) is 3.02. The second-order valence-corrected chi connectivity index (χ2v) is 2.39. The predicted octanol–water partition coefficient (Wildman–Crippen LogP) is 1.76. The van der Waals surface area contributed by atoms with Crippen LogP contribution in [0.15, 0.2) is 24.3 Å². The summed E-state index contributed by atoms with van der Waals surface area (Å²) < 4.78 is 9.19. The Balaban J connectivity index is 2.54. The zero-order valence-electron chi connectivity index (χ0n) is 7.15. The Labute approximate surface area is 75.7 Å². The van der Waals surface area contributed by atoms with E-state index < -0.39 is 6.16 Å². The number of rotatable bonds is 3. The zero-order chi connectivity index (χ0) is 9.68. The van der Waals surface area contributed by atoms with Gasteiger partial charge in [-0.2, -0.15) is 9.90 Å². The molecule has 13 heavy (non-hydrogen) atoms. The van der Waals surface area contributed by atoms with Gasteiger partial charge in [0.15, 0.2) is 0 Å². The van der Waals surface area contributed by atoms with Crippen molar-refractivity contribution in [1.82, 2.24) is 0 Å². The molecule has 1 aromatic rings. The maximum absolute atomic E-state index is 9.94. The minimum absolute atomic E-state index is 0.00628. The van der Waals surface area contributed by atoms with Crippen molar-refractivity contribution in [2.24, 2.45) is 0 Å². The molecular weight excluding hydrogens is 172 g/mol.